The summed E-state index contributed by atoms with van der Waals surface area (Å²) in [5, 5.41) is 4.90. The number of carbonyl (C=O) groups excluding carboxylic acids is 1. The maximum atomic E-state index is 13.1. The van der Waals surface area contributed by atoms with Crippen molar-refractivity contribution in [3.05, 3.63) is 41.9 Å². The number of hydrogen-bond donors (Lipinski definition) is 0. The van der Waals surface area contributed by atoms with Crippen LogP contribution in [0.15, 0.2) is 36.9 Å². The Morgan fingerprint density at radius 1 is 1.12 bits per heavy atom. The number of benzene rings is 1. The first-order chi connectivity index (χ1) is 11.8. The number of para-hydroxylation sites is 1. The molecule has 122 valence electrons. The van der Waals surface area contributed by atoms with Gasteiger partial charge in [0.05, 0.1) is 16.3 Å². The van der Waals surface area contributed by atoms with Crippen molar-refractivity contribution in [1.29, 1.82) is 0 Å². The van der Waals surface area contributed by atoms with E-state index in [1.165, 1.54) is 11.3 Å². The first-order valence-corrected chi connectivity index (χ1v) is 9.13. The van der Waals surface area contributed by atoms with Crippen LogP contribution in [-0.2, 0) is 0 Å². The Labute approximate surface area is 143 Å². The number of carbonyl (C=O) groups is 1. The smallest absolute Gasteiger partial charge is 0.283 e. The lowest BCUT2D eigenvalue weighted by Gasteiger charge is -2.38. The standard InChI is InChI=1S/C17H17N5OS/c23-17(16-20-14-3-1-2-4-15(14)24-16)22-11-5-6-12(22)8-13(7-11)21-10-18-9-19-21/h1-4,9-13H,5-8H2. The van der Waals surface area contributed by atoms with Gasteiger partial charge in [-0.15, -0.1) is 11.3 Å². The highest BCUT2D eigenvalue weighted by Gasteiger charge is 2.44. The molecule has 2 unspecified atom stereocenters. The number of rotatable bonds is 2. The summed E-state index contributed by atoms with van der Waals surface area (Å²) in [7, 11) is 0. The highest BCUT2D eigenvalue weighted by atomic mass is 32.1. The number of nitrogens with zero attached hydrogens (tertiary/aromatic N) is 5. The SMILES string of the molecule is O=C(c1nc2ccccc2s1)N1C2CCC1CC(n1cncn1)C2. The summed E-state index contributed by atoms with van der Waals surface area (Å²) in [5.41, 5.74) is 0.913. The number of hydrogen-bond acceptors (Lipinski definition) is 5. The molecular formula is C17H17N5OS. The van der Waals surface area contributed by atoms with Crippen molar-refractivity contribution in [2.45, 2.75) is 43.8 Å². The number of thiazole rings is 1. The Morgan fingerprint density at radius 2 is 1.92 bits per heavy atom. The highest BCUT2D eigenvalue weighted by Crippen LogP contribution is 2.41. The first-order valence-electron chi connectivity index (χ1n) is 8.32. The third kappa shape index (κ3) is 2.15. The first kappa shape index (κ1) is 14.1. The summed E-state index contributed by atoms with van der Waals surface area (Å²) < 4.78 is 3.02. The van der Waals surface area contributed by atoms with Crippen molar-refractivity contribution < 1.29 is 4.79 Å². The molecule has 5 rings (SSSR count). The van der Waals surface area contributed by atoms with Crippen LogP contribution in [0.5, 0.6) is 0 Å². The molecule has 3 aromatic rings. The monoisotopic (exact) mass is 339 g/mol. The lowest BCUT2D eigenvalue weighted by atomic mass is 9.97. The van der Waals surface area contributed by atoms with E-state index in [9.17, 15) is 4.79 Å². The van der Waals surface area contributed by atoms with E-state index < -0.39 is 0 Å². The molecule has 0 saturated carbocycles. The highest BCUT2D eigenvalue weighted by molar-refractivity contribution is 7.20. The van der Waals surface area contributed by atoms with Gasteiger partial charge in [0.1, 0.15) is 12.7 Å². The molecule has 2 aliphatic rings. The van der Waals surface area contributed by atoms with Gasteiger partial charge in [0, 0.05) is 12.1 Å². The van der Waals surface area contributed by atoms with Crippen LogP contribution in [-0.4, -0.2) is 42.6 Å². The number of aromatic nitrogens is 4. The van der Waals surface area contributed by atoms with Gasteiger partial charge in [-0.05, 0) is 37.8 Å². The minimum absolute atomic E-state index is 0.0979. The number of fused-ring (bicyclic) bond motifs is 3. The van der Waals surface area contributed by atoms with Gasteiger partial charge in [-0.2, -0.15) is 5.10 Å². The van der Waals surface area contributed by atoms with Gasteiger partial charge in [-0.25, -0.2) is 14.6 Å². The quantitative estimate of drug-likeness (QED) is 0.720. The summed E-state index contributed by atoms with van der Waals surface area (Å²) in [6.45, 7) is 0. The van der Waals surface area contributed by atoms with E-state index in [4.69, 9.17) is 0 Å². The van der Waals surface area contributed by atoms with Crippen LogP contribution in [0, 0.1) is 0 Å². The van der Waals surface area contributed by atoms with Gasteiger partial charge >= 0.3 is 0 Å². The maximum Gasteiger partial charge on any atom is 0.283 e. The summed E-state index contributed by atoms with van der Waals surface area (Å²) in [6.07, 6.45) is 7.43. The van der Waals surface area contributed by atoms with E-state index in [1.807, 2.05) is 28.9 Å². The van der Waals surface area contributed by atoms with E-state index in [1.54, 1.807) is 12.7 Å². The topological polar surface area (TPSA) is 63.9 Å². The van der Waals surface area contributed by atoms with E-state index in [0.717, 1.165) is 35.9 Å². The summed E-state index contributed by atoms with van der Waals surface area (Å²) >= 11 is 1.50. The van der Waals surface area contributed by atoms with E-state index >= 15 is 0 Å². The van der Waals surface area contributed by atoms with Crippen molar-refractivity contribution in [3.8, 4) is 0 Å². The molecule has 0 aliphatic carbocycles. The third-order valence-electron chi connectivity index (χ3n) is 5.23. The number of amides is 1. The van der Waals surface area contributed by atoms with Crippen molar-refractivity contribution in [1.82, 2.24) is 24.6 Å². The van der Waals surface area contributed by atoms with Crippen molar-refractivity contribution in [3.63, 3.8) is 0 Å². The van der Waals surface area contributed by atoms with Gasteiger partial charge in [-0.3, -0.25) is 4.79 Å². The molecule has 0 spiro atoms. The largest absolute Gasteiger partial charge is 0.330 e. The van der Waals surface area contributed by atoms with Crippen LogP contribution in [0.1, 0.15) is 41.5 Å². The molecular weight excluding hydrogens is 322 g/mol. The second-order valence-electron chi connectivity index (χ2n) is 6.58. The Balaban J connectivity index is 1.42. The average molecular weight is 339 g/mol. The Morgan fingerprint density at radius 3 is 2.62 bits per heavy atom. The molecule has 2 aromatic heterocycles. The molecule has 24 heavy (non-hydrogen) atoms. The zero-order valence-electron chi connectivity index (χ0n) is 13.1. The molecule has 0 N–H and O–H groups in total. The van der Waals surface area contributed by atoms with Crippen LogP contribution >= 0.6 is 11.3 Å². The zero-order valence-corrected chi connectivity index (χ0v) is 13.9. The van der Waals surface area contributed by atoms with Gasteiger partial charge in [-0.1, -0.05) is 12.1 Å². The summed E-state index contributed by atoms with van der Waals surface area (Å²) in [4.78, 5) is 23.8. The average Bonchev–Trinajstić information content (AvgIpc) is 3.32. The fraction of sp³-hybridized carbons (Fsp3) is 0.412. The molecule has 2 atom stereocenters. The number of piperidine rings is 1. The second kappa shape index (κ2) is 5.37. The lowest BCUT2D eigenvalue weighted by molar-refractivity contribution is 0.0524. The molecule has 0 radical (unpaired) electrons. The lowest BCUT2D eigenvalue weighted by Crippen LogP contribution is -2.47. The third-order valence-corrected chi connectivity index (χ3v) is 6.25. The van der Waals surface area contributed by atoms with E-state index in [2.05, 4.69) is 20.0 Å². The Kier molecular flexibility index (Phi) is 3.16. The second-order valence-corrected chi connectivity index (χ2v) is 7.62. The molecule has 4 heterocycles. The van der Waals surface area contributed by atoms with E-state index in [0.29, 0.717) is 11.0 Å². The normalized spacial score (nSPS) is 26.2. The maximum absolute atomic E-state index is 13.1. The van der Waals surface area contributed by atoms with Crippen LogP contribution in [0.25, 0.3) is 10.2 Å². The van der Waals surface area contributed by atoms with Gasteiger partial charge < -0.3 is 4.90 Å². The molecule has 6 nitrogen and oxygen atoms in total. The van der Waals surface area contributed by atoms with Crippen molar-refractivity contribution >= 4 is 27.5 Å². The molecule has 2 aliphatic heterocycles. The Hall–Kier alpha value is -2.28. The van der Waals surface area contributed by atoms with Crippen molar-refractivity contribution in [2.75, 3.05) is 0 Å². The molecule has 1 amide bonds. The Bertz CT molecular complexity index is 842. The van der Waals surface area contributed by atoms with Gasteiger partial charge in [0.15, 0.2) is 5.01 Å². The van der Waals surface area contributed by atoms with Crippen LogP contribution in [0.2, 0.25) is 0 Å². The summed E-state index contributed by atoms with van der Waals surface area (Å²) in [6, 6.07) is 8.87. The molecule has 2 saturated heterocycles. The minimum atomic E-state index is 0.0979. The predicted molar refractivity (Wildman–Crippen MR) is 90.9 cm³/mol. The van der Waals surface area contributed by atoms with Crippen molar-refractivity contribution in [2.24, 2.45) is 0 Å². The molecule has 2 bridgehead atoms. The predicted octanol–water partition coefficient (Wildman–Crippen LogP) is 2.90. The van der Waals surface area contributed by atoms with E-state index in [-0.39, 0.29) is 18.0 Å². The van der Waals surface area contributed by atoms with Crippen LogP contribution in [0.4, 0.5) is 0 Å². The minimum Gasteiger partial charge on any atom is -0.330 e. The zero-order chi connectivity index (χ0) is 16.1. The van der Waals surface area contributed by atoms with Gasteiger partial charge in [0.25, 0.3) is 5.91 Å². The van der Waals surface area contributed by atoms with Crippen LogP contribution < -0.4 is 0 Å². The molecule has 7 heteroatoms. The summed E-state index contributed by atoms with van der Waals surface area (Å²) in [5.74, 6) is 0.0979. The molecule has 1 aromatic carbocycles. The molecule has 2 fully saturated rings. The fourth-order valence-electron chi connectivity index (χ4n) is 4.18. The van der Waals surface area contributed by atoms with Gasteiger partial charge in [0.2, 0.25) is 0 Å². The fourth-order valence-corrected chi connectivity index (χ4v) is 5.09. The van der Waals surface area contributed by atoms with Crippen LogP contribution in [0.3, 0.4) is 0 Å².